The zero-order valence-corrected chi connectivity index (χ0v) is 15.9. The third-order valence-corrected chi connectivity index (χ3v) is 4.91. The van der Waals surface area contributed by atoms with Gasteiger partial charge >= 0.3 is 7.82 Å². The first-order valence-electron chi connectivity index (χ1n) is 8.60. The summed E-state index contributed by atoms with van der Waals surface area (Å²) in [6, 6.07) is 7.82. The van der Waals surface area contributed by atoms with Gasteiger partial charge in [0.15, 0.2) is 0 Å². The number of benzene rings is 1. The van der Waals surface area contributed by atoms with Crippen molar-refractivity contribution in [2.45, 2.75) is 30.7 Å². The van der Waals surface area contributed by atoms with Gasteiger partial charge in [-0.15, -0.1) is 0 Å². The van der Waals surface area contributed by atoms with Gasteiger partial charge in [-0.25, -0.2) is 4.57 Å². The van der Waals surface area contributed by atoms with E-state index in [1.165, 1.54) is 0 Å². The Balaban J connectivity index is 1.77. The van der Waals surface area contributed by atoms with Gasteiger partial charge in [-0.05, 0) is 42.9 Å². The first kappa shape index (κ1) is 21.3. The molecule has 0 aliphatic heterocycles. The van der Waals surface area contributed by atoms with Crippen LogP contribution in [0.15, 0.2) is 24.3 Å². The summed E-state index contributed by atoms with van der Waals surface area (Å²) in [5.74, 6) is 1.01. The summed E-state index contributed by atoms with van der Waals surface area (Å²) < 4.78 is 31.3. The van der Waals surface area contributed by atoms with Crippen LogP contribution in [0.3, 0.4) is 0 Å². The van der Waals surface area contributed by atoms with Crippen LogP contribution >= 0.6 is 7.82 Å². The minimum atomic E-state index is -4.49. The predicted octanol–water partition coefficient (Wildman–Crippen LogP) is 1.80. The lowest BCUT2D eigenvalue weighted by Gasteiger charge is -2.24. The number of rotatable bonds is 11. The molecule has 1 aromatic carbocycles. The number of phosphoric acid groups is 1. The molecule has 26 heavy (non-hydrogen) atoms. The maximum atomic E-state index is 10.9. The van der Waals surface area contributed by atoms with Crippen molar-refractivity contribution >= 4 is 7.82 Å². The maximum absolute atomic E-state index is 10.9. The second-order valence-corrected chi connectivity index (χ2v) is 7.83. The number of hydrogen-bond acceptors (Lipinski definition) is 6. The van der Waals surface area contributed by atoms with Crippen LogP contribution in [0.5, 0.6) is 5.75 Å². The molecule has 2 rings (SSSR count). The largest absolute Gasteiger partial charge is 0.491 e. The van der Waals surface area contributed by atoms with Gasteiger partial charge in [0, 0.05) is 12.6 Å². The Bertz CT molecular complexity index is 591. The van der Waals surface area contributed by atoms with Crippen LogP contribution in [0.2, 0.25) is 0 Å². The zero-order chi connectivity index (χ0) is 19.0. The summed E-state index contributed by atoms with van der Waals surface area (Å²) in [6.45, 7) is 1.95. The van der Waals surface area contributed by atoms with Gasteiger partial charge < -0.3 is 29.7 Å². The number of ether oxygens (including phenoxy) is 3. The SMILES string of the molecule is COCCOCCOc1ccc([C@@H]2CC[C@@](N)(COP(=O)(O)O)C2)cc1. The Morgan fingerprint density at radius 2 is 1.88 bits per heavy atom. The van der Waals surface area contributed by atoms with Crippen LogP contribution in [0.25, 0.3) is 0 Å². The molecule has 0 unspecified atom stereocenters. The molecular weight excluding hydrogens is 361 g/mol. The molecule has 2 atom stereocenters. The smallest absolute Gasteiger partial charge is 0.469 e. The monoisotopic (exact) mass is 389 g/mol. The minimum Gasteiger partial charge on any atom is -0.491 e. The Kier molecular flexibility index (Phi) is 8.04. The second kappa shape index (κ2) is 9.80. The molecule has 1 aliphatic rings. The molecule has 148 valence electrons. The lowest BCUT2D eigenvalue weighted by Crippen LogP contribution is -2.41. The van der Waals surface area contributed by atoms with Crippen molar-refractivity contribution in [1.29, 1.82) is 0 Å². The summed E-state index contributed by atoms with van der Waals surface area (Å²) in [5.41, 5.74) is 6.65. The molecule has 0 bridgehead atoms. The van der Waals surface area contributed by atoms with Gasteiger partial charge in [0.2, 0.25) is 0 Å². The first-order valence-corrected chi connectivity index (χ1v) is 10.1. The van der Waals surface area contributed by atoms with Crippen LogP contribution < -0.4 is 10.5 Å². The molecule has 1 aromatic rings. The highest BCUT2D eigenvalue weighted by atomic mass is 31.2. The van der Waals surface area contributed by atoms with Crippen molar-refractivity contribution in [1.82, 2.24) is 0 Å². The summed E-state index contributed by atoms with van der Waals surface area (Å²) in [4.78, 5) is 17.7. The van der Waals surface area contributed by atoms with Gasteiger partial charge in [-0.1, -0.05) is 12.1 Å². The van der Waals surface area contributed by atoms with E-state index in [0.29, 0.717) is 39.3 Å². The molecule has 0 spiro atoms. The van der Waals surface area contributed by atoms with Crippen molar-refractivity contribution < 1.29 is 33.1 Å². The summed E-state index contributed by atoms with van der Waals surface area (Å²) in [5, 5.41) is 0. The van der Waals surface area contributed by atoms with E-state index in [4.69, 9.17) is 29.7 Å². The topological polar surface area (TPSA) is 120 Å². The third-order valence-electron chi connectivity index (χ3n) is 4.44. The zero-order valence-electron chi connectivity index (χ0n) is 15.0. The maximum Gasteiger partial charge on any atom is 0.469 e. The lowest BCUT2D eigenvalue weighted by molar-refractivity contribution is 0.0544. The van der Waals surface area contributed by atoms with Crippen LogP contribution in [-0.4, -0.2) is 55.5 Å². The molecule has 1 saturated carbocycles. The lowest BCUT2D eigenvalue weighted by atomic mass is 9.94. The van der Waals surface area contributed by atoms with Crippen LogP contribution in [0, 0.1) is 0 Å². The van der Waals surface area contributed by atoms with E-state index in [2.05, 4.69) is 4.52 Å². The van der Waals surface area contributed by atoms with Crippen molar-refractivity contribution in [3.63, 3.8) is 0 Å². The van der Waals surface area contributed by atoms with E-state index in [1.807, 2.05) is 24.3 Å². The first-order chi connectivity index (χ1) is 12.3. The van der Waals surface area contributed by atoms with E-state index in [1.54, 1.807) is 7.11 Å². The van der Waals surface area contributed by atoms with E-state index in [0.717, 1.165) is 17.7 Å². The molecule has 0 radical (unpaired) electrons. The molecule has 0 amide bonds. The van der Waals surface area contributed by atoms with Gasteiger partial charge in [0.05, 0.1) is 26.4 Å². The molecule has 1 aliphatic carbocycles. The molecular formula is C17H28NO7P. The van der Waals surface area contributed by atoms with Crippen molar-refractivity contribution in [2.24, 2.45) is 5.73 Å². The van der Waals surface area contributed by atoms with Gasteiger partial charge in [0.25, 0.3) is 0 Å². The number of hydrogen-bond donors (Lipinski definition) is 3. The molecule has 8 nitrogen and oxygen atoms in total. The average molecular weight is 389 g/mol. The van der Waals surface area contributed by atoms with E-state index >= 15 is 0 Å². The average Bonchev–Trinajstić information content (AvgIpc) is 2.99. The standard InChI is InChI=1S/C17H28NO7P/c1-22-8-9-23-10-11-24-16-4-2-14(3-5-16)15-6-7-17(18,12-15)13-25-26(19,20)21/h2-5,15H,6-13,18H2,1H3,(H2,19,20,21)/t15-,17+/m1/s1. The molecule has 4 N–H and O–H groups in total. The third kappa shape index (κ3) is 7.32. The van der Waals surface area contributed by atoms with E-state index in [9.17, 15) is 4.57 Å². The highest BCUT2D eigenvalue weighted by Crippen LogP contribution is 2.43. The number of methoxy groups -OCH3 is 1. The highest BCUT2D eigenvalue weighted by Gasteiger charge is 2.38. The Morgan fingerprint density at radius 3 is 2.54 bits per heavy atom. The summed E-state index contributed by atoms with van der Waals surface area (Å²) >= 11 is 0. The van der Waals surface area contributed by atoms with Gasteiger partial charge in [-0.2, -0.15) is 0 Å². The van der Waals surface area contributed by atoms with E-state index < -0.39 is 13.4 Å². The Morgan fingerprint density at radius 1 is 1.19 bits per heavy atom. The number of phosphoric ester groups is 1. The fourth-order valence-electron chi connectivity index (χ4n) is 3.08. The fourth-order valence-corrected chi connectivity index (χ4v) is 3.51. The predicted molar refractivity (Wildman–Crippen MR) is 96.1 cm³/mol. The molecule has 1 fully saturated rings. The second-order valence-electron chi connectivity index (χ2n) is 6.59. The molecule has 0 saturated heterocycles. The highest BCUT2D eigenvalue weighted by molar-refractivity contribution is 7.46. The van der Waals surface area contributed by atoms with Crippen molar-refractivity contribution in [3.05, 3.63) is 29.8 Å². The minimum absolute atomic E-state index is 0.141. The van der Waals surface area contributed by atoms with Crippen LogP contribution in [0.1, 0.15) is 30.7 Å². The molecule has 9 heteroatoms. The Hall–Kier alpha value is -0.990. The van der Waals surface area contributed by atoms with Crippen LogP contribution in [0.4, 0.5) is 0 Å². The molecule has 0 heterocycles. The van der Waals surface area contributed by atoms with Gasteiger partial charge in [0.1, 0.15) is 12.4 Å². The molecule has 0 aromatic heterocycles. The van der Waals surface area contributed by atoms with Crippen molar-refractivity contribution in [2.75, 3.05) is 40.1 Å². The quantitative estimate of drug-likeness (QED) is 0.387. The van der Waals surface area contributed by atoms with E-state index in [-0.39, 0.29) is 12.5 Å². The Labute approximate surface area is 153 Å². The summed E-state index contributed by atoms with van der Waals surface area (Å²) in [6.07, 6.45) is 2.14. The van der Waals surface area contributed by atoms with Crippen molar-refractivity contribution in [3.8, 4) is 5.75 Å². The fraction of sp³-hybridized carbons (Fsp3) is 0.647. The van der Waals surface area contributed by atoms with Crippen LogP contribution in [-0.2, 0) is 18.6 Å². The number of nitrogens with two attached hydrogens (primary N) is 1. The van der Waals surface area contributed by atoms with Gasteiger partial charge in [-0.3, -0.25) is 4.52 Å². The summed E-state index contributed by atoms with van der Waals surface area (Å²) in [7, 11) is -2.86. The normalized spacial score (nSPS) is 23.3.